The minimum Gasteiger partial charge on any atom is -0.491 e. The van der Waals surface area contributed by atoms with Crippen LogP contribution in [0.5, 0.6) is 5.75 Å². The summed E-state index contributed by atoms with van der Waals surface area (Å²) >= 11 is 0. The lowest BCUT2D eigenvalue weighted by molar-refractivity contribution is 0.0819. The fourth-order valence-corrected chi connectivity index (χ4v) is 5.15. The van der Waals surface area contributed by atoms with Crippen LogP contribution in [0.3, 0.4) is 0 Å². The zero-order valence-corrected chi connectivity index (χ0v) is 16.9. The molecule has 2 N–H and O–H groups in total. The van der Waals surface area contributed by atoms with Crippen molar-refractivity contribution in [1.82, 2.24) is 0 Å². The standard InChI is InChI=1S/C25H26O5/c26-13-10-16(27)15-29-17-8-9-18-20(14-17)25(11-4-1-5-12-25)24-22(23(18)28)19-6-2-3-7-21(19)30-24/h2-3,6-9,14,16,26-27H,1,4-5,10-13,15H2/t16-/m0/s1. The third kappa shape index (κ3) is 2.96. The molecule has 156 valence electrons. The number of carbonyl (C=O) groups is 1. The van der Waals surface area contributed by atoms with Crippen molar-refractivity contribution in [3.63, 3.8) is 0 Å². The summed E-state index contributed by atoms with van der Waals surface area (Å²) in [4.78, 5) is 13.5. The van der Waals surface area contributed by atoms with Crippen LogP contribution in [0.15, 0.2) is 46.9 Å². The second-order valence-electron chi connectivity index (χ2n) is 8.46. The van der Waals surface area contributed by atoms with Crippen LogP contribution in [0, 0.1) is 0 Å². The van der Waals surface area contributed by atoms with Crippen molar-refractivity contribution in [2.75, 3.05) is 13.2 Å². The van der Waals surface area contributed by atoms with Crippen molar-refractivity contribution in [3.8, 4) is 5.75 Å². The zero-order chi connectivity index (χ0) is 20.7. The molecular weight excluding hydrogens is 380 g/mol. The van der Waals surface area contributed by atoms with Gasteiger partial charge < -0.3 is 19.4 Å². The molecule has 3 aromatic rings. The maximum Gasteiger partial charge on any atom is 0.197 e. The van der Waals surface area contributed by atoms with Crippen LogP contribution in [0.25, 0.3) is 11.0 Å². The summed E-state index contributed by atoms with van der Waals surface area (Å²) in [6.07, 6.45) is 4.79. The van der Waals surface area contributed by atoms with E-state index < -0.39 is 6.10 Å². The average molecular weight is 406 g/mol. The van der Waals surface area contributed by atoms with E-state index in [-0.39, 0.29) is 30.8 Å². The van der Waals surface area contributed by atoms with Crippen molar-refractivity contribution in [3.05, 3.63) is 64.9 Å². The first-order chi connectivity index (χ1) is 14.6. The Morgan fingerprint density at radius 2 is 1.90 bits per heavy atom. The molecule has 5 rings (SSSR count). The second kappa shape index (κ2) is 7.56. The number of benzene rings is 2. The highest BCUT2D eigenvalue weighted by atomic mass is 16.5. The molecule has 0 radical (unpaired) electrons. The van der Waals surface area contributed by atoms with Crippen LogP contribution in [0.1, 0.15) is 65.8 Å². The fraction of sp³-hybridized carbons (Fsp3) is 0.400. The minimum atomic E-state index is -0.724. The SMILES string of the molecule is O=C1c2ccc(OC[C@@H](O)CCO)cc2C2(CCCCC2)c2oc3ccccc3c21. The Morgan fingerprint density at radius 1 is 1.10 bits per heavy atom. The maximum atomic E-state index is 13.5. The van der Waals surface area contributed by atoms with Gasteiger partial charge in [-0.1, -0.05) is 37.5 Å². The normalized spacial score (nSPS) is 18.3. The first-order valence-electron chi connectivity index (χ1n) is 10.8. The molecule has 2 aliphatic rings. The lowest BCUT2D eigenvalue weighted by Crippen LogP contribution is -2.37. The molecule has 2 aromatic carbocycles. The van der Waals surface area contributed by atoms with Gasteiger partial charge in [-0.15, -0.1) is 0 Å². The lowest BCUT2D eigenvalue weighted by atomic mass is 9.62. The molecule has 1 saturated carbocycles. The summed E-state index contributed by atoms with van der Waals surface area (Å²) in [6, 6.07) is 13.4. The third-order valence-corrected chi connectivity index (χ3v) is 6.62. The van der Waals surface area contributed by atoms with Crippen LogP contribution in [0.2, 0.25) is 0 Å². The summed E-state index contributed by atoms with van der Waals surface area (Å²) in [5.74, 6) is 1.44. The van der Waals surface area contributed by atoms with E-state index in [0.29, 0.717) is 11.3 Å². The van der Waals surface area contributed by atoms with E-state index in [1.165, 1.54) is 6.42 Å². The molecule has 0 bridgehead atoms. The fourth-order valence-electron chi connectivity index (χ4n) is 5.15. The van der Waals surface area contributed by atoms with Gasteiger partial charge in [0, 0.05) is 17.6 Å². The Bertz CT molecular complexity index is 1090. The second-order valence-corrected chi connectivity index (χ2v) is 8.46. The van der Waals surface area contributed by atoms with Crippen molar-refractivity contribution < 1.29 is 24.2 Å². The van der Waals surface area contributed by atoms with Gasteiger partial charge in [0.25, 0.3) is 0 Å². The van der Waals surface area contributed by atoms with E-state index in [1.54, 1.807) is 6.07 Å². The van der Waals surface area contributed by atoms with Crippen LogP contribution < -0.4 is 4.74 Å². The molecule has 30 heavy (non-hydrogen) atoms. The summed E-state index contributed by atoms with van der Waals surface area (Å²) in [6.45, 7) is 0.0251. The molecule has 0 aliphatic heterocycles. The van der Waals surface area contributed by atoms with Crippen LogP contribution in [0.4, 0.5) is 0 Å². The first kappa shape index (κ1) is 19.3. The van der Waals surface area contributed by atoms with Gasteiger partial charge in [-0.3, -0.25) is 4.79 Å². The third-order valence-electron chi connectivity index (χ3n) is 6.62. The van der Waals surface area contributed by atoms with E-state index in [9.17, 15) is 9.90 Å². The van der Waals surface area contributed by atoms with E-state index in [4.69, 9.17) is 14.3 Å². The van der Waals surface area contributed by atoms with Gasteiger partial charge in [0.15, 0.2) is 5.78 Å². The molecular formula is C25H26O5. The van der Waals surface area contributed by atoms with Gasteiger partial charge in [-0.25, -0.2) is 0 Å². The summed E-state index contributed by atoms with van der Waals surface area (Å²) in [5.41, 5.74) is 2.86. The number of carbonyl (C=O) groups excluding carboxylic acids is 1. The van der Waals surface area contributed by atoms with E-state index in [0.717, 1.165) is 53.5 Å². The Kier molecular flexibility index (Phi) is 4.88. The Balaban J connectivity index is 1.62. The largest absolute Gasteiger partial charge is 0.491 e. The highest BCUT2D eigenvalue weighted by Crippen LogP contribution is 2.53. The summed E-state index contributed by atoms with van der Waals surface area (Å²) in [5, 5.41) is 19.8. The Morgan fingerprint density at radius 3 is 2.70 bits per heavy atom. The molecule has 5 heteroatoms. The quantitative estimate of drug-likeness (QED) is 0.659. The highest BCUT2D eigenvalue weighted by Gasteiger charge is 2.48. The minimum absolute atomic E-state index is 0.00742. The van der Waals surface area contributed by atoms with Crippen LogP contribution in [-0.4, -0.2) is 35.3 Å². The molecule has 0 saturated heterocycles. The number of ether oxygens (including phenoxy) is 1. The van der Waals surface area contributed by atoms with Crippen molar-refractivity contribution in [2.45, 2.75) is 50.0 Å². The van der Waals surface area contributed by atoms with Crippen molar-refractivity contribution >= 4 is 16.8 Å². The van der Waals surface area contributed by atoms with Gasteiger partial charge in [-0.05, 0) is 49.1 Å². The number of para-hydroxylation sites is 1. The lowest BCUT2D eigenvalue weighted by Gasteiger charge is -2.40. The van der Waals surface area contributed by atoms with E-state index >= 15 is 0 Å². The average Bonchev–Trinajstić information content (AvgIpc) is 3.18. The number of rotatable bonds is 5. The van der Waals surface area contributed by atoms with Gasteiger partial charge in [0.2, 0.25) is 0 Å². The topological polar surface area (TPSA) is 79.9 Å². The summed E-state index contributed by atoms with van der Waals surface area (Å²) < 4.78 is 12.2. The number of hydrogen-bond acceptors (Lipinski definition) is 5. The number of aliphatic hydroxyl groups excluding tert-OH is 2. The maximum absolute atomic E-state index is 13.5. The molecule has 2 aliphatic carbocycles. The van der Waals surface area contributed by atoms with Crippen molar-refractivity contribution in [1.29, 1.82) is 0 Å². The van der Waals surface area contributed by atoms with E-state index in [1.807, 2.05) is 36.4 Å². The smallest absolute Gasteiger partial charge is 0.197 e. The predicted molar refractivity (Wildman–Crippen MR) is 113 cm³/mol. The number of fused-ring (bicyclic) bond motifs is 6. The van der Waals surface area contributed by atoms with E-state index in [2.05, 4.69) is 0 Å². The van der Waals surface area contributed by atoms with Crippen LogP contribution >= 0.6 is 0 Å². The molecule has 1 spiro atoms. The number of furan rings is 1. The summed E-state index contributed by atoms with van der Waals surface area (Å²) in [7, 11) is 0. The molecule has 5 nitrogen and oxygen atoms in total. The number of ketones is 1. The molecule has 1 aromatic heterocycles. The molecule has 0 amide bonds. The Labute approximate surface area is 175 Å². The van der Waals surface area contributed by atoms with Gasteiger partial charge in [0.05, 0.1) is 17.1 Å². The Hall–Kier alpha value is -2.63. The molecule has 0 unspecified atom stereocenters. The molecule has 1 heterocycles. The first-order valence-corrected chi connectivity index (χ1v) is 10.8. The monoisotopic (exact) mass is 406 g/mol. The van der Waals surface area contributed by atoms with Gasteiger partial charge >= 0.3 is 0 Å². The predicted octanol–water partition coefficient (Wildman–Crippen LogP) is 4.35. The molecule has 1 fully saturated rings. The van der Waals surface area contributed by atoms with Gasteiger partial charge in [-0.2, -0.15) is 0 Å². The molecule has 1 atom stereocenters. The zero-order valence-electron chi connectivity index (χ0n) is 16.9. The highest BCUT2D eigenvalue weighted by molar-refractivity contribution is 6.19. The van der Waals surface area contributed by atoms with Crippen molar-refractivity contribution in [2.24, 2.45) is 0 Å². The number of aliphatic hydroxyl groups is 2. The van der Waals surface area contributed by atoms with Crippen LogP contribution in [-0.2, 0) is 5.41 Å². The van der Waals surface area contributed by atoms with Gasteiger partial charge in [0.1, 0.15) is 23.7 Å². The number of hydrogen-bond donors (Lipinski definition) is 2.